The molecule has 0 bridgehead atoms. The summed E-state index contributed by atoms with van der Waals surface area (Å²) < 4.78 is 4.34. The fourth-order valence-electron chi connectivity index (χ4n) is 1.89. The topological polar surface area (TPSA) is 75.1 Å². The standard InChI is InChI=1S/C14H25N3O2S/c1-13(2,3)8-9(7-10(18)19)15-12-16-11(17-20-12)14(4,5)6/h9H,7-8H2,1-6H3,(H,18,19)(H,15,16,17). The van der Waals surface area contributed by atoms with Crippen LogP contribution in [0.5, 0.6) is 0 Å². The summed E-state index contributed by atoms with van der Waals surface area (Å²) in [5, 5.41) is 12.9. The first-order chi connectivity index (χ1) is 8.97. The smallest absolute Gasteiger partial charge is 0.305 e. The molecule has 1 rings (SSSR count). The third-order valence-corrected chi connectivity index (χ3v) is 3.35. The van der Waals surface area contributed by atoms with Crippen LogP contribution >= 0.6 is 11.5 Å². The Morgan fingerprint density at radius 1 is 1.30 bits per heavy atom. The summed E-state index contributed by atoms with van der Waals surface area (Å²) in [4.78, 5) is 15.4. The Hall–Kier alpha value is -1.17. The first kappa shape index (κ1) is 16.9. The molecular formula is C14H25N3O2S. The number of hydrogen-bond acceptors (Lipinski definition) is 5. The molecule has 1 heterocycles. The molecule has 0 aliphatic carbocycles. The van der Waals surface area contributed by atoms with Crippen LogP contribution in [0.3, 0.4) is 0 Å². The number of carbonyl (C=O) groups is 1. The Kier molecular flexibility index (Phi) is 5.13. The van der Waals surface area contributed by atoms with E-state index in [1.807, 2.05) is 0 Å². The van der Waals surface area contributed by atoms with Gasteiger partial charge in [0, 0.05) is 23.0 Å². The molecule has 0 saturated heterocycles. The van der Waals surface area contributed by atoms with Crippen LogP contribution in [0.4, 0.5) is 5.13 Å². The molecule has 0 aliphatic rings. The van der Waals surface area contributed by atoms with Crippen LogP contribution in [0.15, 0.2) is 0 Å². The zero-order valence-electron chi connectivity index (χ0n) is 13.1. The predicted octanol–water partition coefficient (Wildman–Crippen LogP) is 3.53. The van der Waals surface area contributed by atoms with E-state index in [0.29, 0.717) is 5.13 Å². The van der Waals surface area contributed by atoms with Gasteiger partial charge in [-0.2, -0.15) is 4.37 Å². The van der Waals surface area contributed by atoms with Crippen molar-refractivity contribution in [3.8, 4) is 0 Å². The molecule has 1 atom stereocenters. The normalized spacial score (nSPS) is 14.1. The molecular weight excluding hydrogens is 274 g/mol. The lowest BCUT2D eigenvalue weighted by molar-refractivity contribution is -0.137. The number of aliphatic carboxylic acids is 1. The highest BCUT2D eigenvalue weighted by atomic mass is 32.1. The van der Waals surface area contributed by atoms with E-state index >= 15 is 0 Å². The number of aromatic nitrogens is 2. The lowest BCUT2D eigenvalue weighted by Gasteiger charge is -2.25. The minimum atomic E-state index is -0.799. The van der Waals surface area contributed by atoms with Crippen molar-refractivity contribution in [3.63, 3.8) is 0 Å². The van der Waals surface area contributed by atoms with Gasteiger partial charge in [0.05, 0.1) is 6.42 Å². The molecule has 0 fully saturated rings. The van der Waals surface area contributed by atoms with Crippen molar-refractivity contribution < 1.29 is 9.90 Å². The maximum Gasteiger partial charge on any atom is 0.305 e. The maximum absolute atomic E-state index is 11.0. The minimum Gasteiger partial charge on any atom is -0.481 e. The molecule has 2 N–H and O–H groups in total. The quantitative estimate of drug-likeness (QED) is 0.870. The first-order valence-corrected chi connectivity index (χ1v) is 7.57. The number of hydrogen-bond donors (Lipinski definition) is 2. The van der Waals surface area contributed by atoms with Gasteiger partial charge >= 0.3 is 5.97 Å². The second-order valence-electron chi connectivity index (χ2n) is 7.38. The summed E-state index contributed by atoms with van der Waals surface area (Å²) in [5.74, 6) is -0.0119. The van der Waals surface area contributed by atoms with Crippen LogP contribution in [-0.4, -0.2) is 26.5 Å². The second-order valence-corrected chi connectivity index (χ2v) is 8.13. The molecule has 0 radical (unpaired) electrons. The molecule has 0 amide bonds. The predicted molar refractivity (Wildman–Crippen MR) is 82.3 cm³/mol. The molecule has 0 aliphatic heterocycles. The number of rotatable bonds is 5. The van der Waals surface area contributed by atoms with Crippen molar-refractivity contribution in [3.05, 3.63) is 5.82 Å². The first-order valence-electron chi connectivity index (χ1n) is 6.80. The van der Waals surface area contributed by atoms with E-state index in [2.05, 4.69) is 56.2 Å². The van der Waals surface area contributed by atoms with Crippen molar-refractivity contribution in [2.24, 2.45) is 5.41 Å². The van der Waals surface area contributed by atoms with Gasteiger partial charge in [0.25, 0.3) is 0 Å². The third kappa shape index (κ3) is 5.86. The maximum atomic E-state index is 11.0. The second kappa shape index (κ2) is 6.08. The van der Waals surface area contributed by atoms with Gasteiger partial charge < -0.3 is 10.4 Å². The van der Waals surface area contributed by atoms with Crippen LogP contribution in [-0.2, 0) is 10.2 Å². The minimum absolute atomic E-state index is 0.0602. The van der Waals surface area contributed by atoms with Gasteiger partial charge in [0.2, 0.25) is 5.13 Å². The summed E-state index contributed by atoms with van der Waals surface area (Å²) in [6.45, 7) is 12.5. The fraction of sp³-hybridized carbons (Fsp3) is 0.786. The Morgan fingerprint density at radius 3 is 2.30 bits per heavy atom. The molecule has 1 aromatic rings. The van der Waals surface area contributed by atoms with Crippen molar-refractivity contribution >= 4 is 22.6 Å². The van der Waals surface area contributed by atoms with E-state index in [-0.39, 0.29) is 23.3 Å². The SMILES string of the molecule is CC(C)(C)CC(CC(=O)O)Nc1nc(C(C)(C)C)ns1. The lowest BCUT2D eigenvalue weighted by Crippen LogP contribution is -2.28. The molecule has 6 heteroatoms. The van der Waals surface area contributed by atoms with Crippen molar-refractivity contribution in [1.82, 2.24) is 9.36 Å². The van der Waals surface area contributed by atoms with E-state index in [1.165, 1.54) is 11.5 Å². The number of anilines is 1. The third-order valence-electron chi connectivity index (χ3n) is 2.70. The van der Waals surface area contributed by atoms with Gasteiger partial charge in [0.1, 0.15) is 5.82 Å². The number of carboxylic acids is 1. The Morgan fingerprint density at radius 2 is 1.90 bits per heavy atom. The number of nitrogens with zero attached hydrogens (tertiary/aromatic N) is 2. The summed E-state index contributed by atoms with van der Waals surface area (Å²) >= 11 is 1.29. The summed E-state index contributed by atoms with van der Waals surface area (Å²) in [6.07, 6.45) is 0.853. The monoisotopic (exact) mass is 299 g/mol. The zero-order valence-corrected chi connectivity index (χ0v) is 14.0. The Bertz CT molecular complexity index is 458. The largest absolute Gasteiger partial charge is 0.481 e. The highest BCUT2D eigenvalue weighted by Crippen LogP contribution is 2.27. The van der Waals surface area contributed by atoms with E-state index in [1.54, 1.807) is 0 Å². The fourth-order valence-corrected chi connectivity index (χ4v) is 2.72. The van der Waals surface area contributed by atoms with E-state index in [9.17, 15) is 4.79 Å². The Balaban J connectivity index is 2.79. The highest BCUT2D eigenvalue weighted by Gasteiger charge is 2.24. The van der Waals surface area contributed by atoms with Gasteiger partial charge in [-0.05, 0) is 11.8 Å². The molecule has 20 heavy (non-hydrogen) atoms. The number of nitrogens with one attached hydrogen (secondary N) is 1. The van der Waals surface area contributed by atoms with Gasteiger partial charge in [-0.25, -0.2) is 4.98 Å². The summed E-state index contributed by atoms with van der Waals surface area (Å²) in [6, 6.07) is -0.131. The van der Waals surface area contributed by atoms with Crippen LogP contribution in [0, 0.1) is 5.41 Å². The molecule has 0 spiro atoms. The molecule has 0 aromatic carbocycles. The molecule has 1 aromatic heterocycles. The average Bonchev–Trinajstić information content (AvgIpc) is 2.61. The zero-order chi connectivity index (χ0) is 15.6. The van der Waals surface area contributed by atoms with Crippen molar-refractivity contribution in [1.29, 1.82) is 0 Å². The van der Waals surface area contributed by atoms with Crippen LogP contribution in [0.25, 0.3) is 0 Å². The van der Waals surface area contributed by atoms with Gasteiger partial charge in [-0.3, -0.25) is 4.79 Å². The van der Waals surface area contributed by atoms with Gasteiger partial charge in [0.15, 0.2) is 0 Å². The lowest BCUT2D eigenvalue weighted by atomic mass is 9.87. The highest BCUT2D eigenvalue weighted by molar-refractivity contribution is 7.09. The van der Waals surface area contributed by atoms with Crippen molar-refractivity contribution in [2.75, 3.05) is 5.32 Å². The van der Waals surface area contributed by atoms with Crippen LogP contribution in [0.1, 0.15) is 60.2 Å². The van der Waals surface area contributed by atoms with Crippen LogP contribution < -0.4 is 5.32 Å². The van der Waals surface area contributed by atoms with Crippen molar-refractivity contribution in [2.45, 2.75) is 65.8 Å². The average molecular weight is 299 g/mol. The van der Waals surface area contributed by atoms with E-state index in [0.717, 1.165) is 12.2 Å². The molecule has 5 nitrogen and oxygen atoms in total. The Labute approximate surface area is 125 Å². The molecule has 1 unspecified atom stereocenters. The van der Waals surface area contributed by atoms with E-state index in [4.69, 9.17) is 5.11 Å². The molecule has 114 valence electrons. The molecule has 0 saturated carbocycles. The van der Waals surface area contributed by atoms with Gasteiger partial charge in [-0.15, -0.1) is 0 Å². The summed E-state index contributed by atoms with van der Waals surface area (Å²) in [5.41, 5.74) is -0.0343. The van der Waals surface area contributed by atoms with E-state index < -0.39 is 5.97 Å². The summed E-state index contributed by atoms with van der Waals surface area (Å²) in [7, 11) is 0. The number of carboxylic acid groups (broad SMARTS) is 1. The van der Waals surface area contributed by atoms with Gasteiger partial charge in [-0.1, -0.05) is 41.5 Å². The van der Waals surface area contributed by atoms with Crippen LogP contribution in [0.2, 0.25) is 0 Å².